The highest BCUT2D eigenvalue weighted by molar-refractivity contribution is 5.42. The van der Waals surface area contributed by atoms with E-state index in [1.54, 1.807) is 14.2 Å². The van der Waals surface area contributed by atoms with Gasteiger partial charge in [-0.2, -0.15) is 0 Å². The molecule has 1 unspecified atom stereocenters. The largest absolute Gasteiger partial charge is 0.497 e. The zero-order valence-electron chi connectivity index (χ0n) is 11.1. The van der Waals surface area contributed by atoms with Gasteiger partial charge < -0.3 is 19.9 Å². The summed E-state index contributed by atoms with van der Waals surface area (Å²) >= 11 is 0. The van der Waals surface area contributed by atoms with Crippen molar-refractivity contribution >= 4 is 0 Å². The van der Waals surface area contributed by atoms with Crippen LogP contribution in [-0.2, 0) is 0 Å². The van der Waals surface area contributed by atoms with Crippen LogP contribution in [0.5, 0.6) is 11.5 Å². The van der Waals surface area contributed by atoms with Crippen LogP contribution in [-0.4, -0.2) is 31.5 Å². The molecule has 1 aliphatic carbocycles. The van der Waals surface area contributed by atoms with Crippen LogP contribution in [0.2, 0.25) is 0 Å². The predicted octanol–water partition coefficient (Wildman–Crippen LogP) is 1.88. The molecule has 1 aromatic carbocycles. The van der Waals surface area contributed by atoms with E-state index in [-0.39, 0.29) is 12.1 Å². The molecule has 2 rings (SSSR count). The quantitative estimate of drug-likeness (QED) is 0.839. The Morgan fingerprint density at radius 3 is 2.56 bits per heavy atom. The molecule has 0 aromatic heterocycles. The van der Waals surface area contributed by atoms with Gasteiger partial charge in [-0.25, -0.2) is 0 Å². The number of benzene rings is 1. The van der Waals surface area contributed by atoms with Crippen LogP contribution >= 0.6 is 0 Å². The summed E-state index contributed by atoms with van der Waals surface area (Å²) in [6.45, 7) is 2.10. The van der Waals surface area contributed by atoms with Crippen molar-refractivity contribution in [1.29, 1.82) is 0 Å². The highest BCUT2D eigenvalue weighted by Crippen LogP contribution is 2.31. The standard InChI is InChI=1S/C14H21NO3/c1-9(15-10-6-11(16)7-10)13-8-12(17-2)4-5-14(13)18-3/h4-5,8-11,15-16H,6-7H2,1-3H3. The van der Waals surface area contributed by atoms with E-state index in [9.17, 15) is 5.11 Å². The topological polar surface area (TPSA) is 50.7 Å². The maximum Gasteiger partial charge on any atom is 0.123 e. The molecular formula is C14H21NO3. The summed E-state index contributed by atoms with van der Waals surface area (Å²) in [6.07, 6.45) is 1.52. The zero-order chi connectivity index (χ0) is 13.1. The van der Waals surface area contributed by atoms with Gasteiger partial charge in [0.15, 0.2) is 0 Å². The van der Waals surface area contributed by atoms with Gasteiger partial charge in [0.05, 0.1) is 20.3 Å². The number of aliphatic hydroxyl groups excluding tert-OH is 1. The molecule has 1 aliphatic rings. The van der Waals surface area contributed by atoms with Crippen molar-refractivity contribution in [2.24, 2.45) is 0 Å². The van der Waals surface area contributed by atoms with E-state index in [1.807, 2.05) is 18.2 Å². The van der Waals surface area contributed by atoms with E-state index in [1.165, 1.54) is 0 Å². The predicted molar refractivity (Wildman–Crippen MR) is 70.1 cm³/mol. The van der Waals surface area contributed by atoms with E-state index in [0.29, 0.717) is 6.04 Å². The zero-order valence-corrected chi connectivity index (χ0v) is 11.1. The van der Waals surface area contributed by atoms with Crippen molar-refractivity contribution in [3.05, 3.63) is 23.8 Å². The molecule has 1 fully saturated rings. The second kappa shape index (κ2) is 5.59. The van der Waals surface area contributed by atoms with Crippen LogP contribution in [0, 0.1) is 0 Å². The summed E-state index contributed by atoms with van der Waals surface area (Å²) in [6, 6.07) is 6.37. The second-order valence-corrected chi connectivity index (χ2v) is 4.82. The lowest BCUT2D eigenvalue weighted by molar-refractivity contribution is 0.0584. The maximum absolute atomic E-state index is 9.30. The normalized spacial score (nSPS) is 24.2. The van der Waals surface area contributed by atoms with Crippen LogP contribution in [0.25, 0.3) is 0 Å². The summed E-state index contributed by atoms with van der Waals surface area (Å²) in [7, 11) is 3.33. The van der Waals surface area contributed by atoms with Crippen molar-refractivity contribution in [2.45, 2.75) is 38.0 Å². The molecule has 2 N–H and O–H groups in total. The van der Waals surface area contributed by atoms with Gasteiger partial charge in [-0.3, -0.25) is 0 Å². The van der Waals surface area contributed by atoms with Crippen LogP contribution < -0.4 is 14.8 Å². The van der Waals surface area contributed by atoms with Gasteiger partial charge in [0.2, 0.25) is 0 Å². The number of methoxy groups -OCH3 is 2. The first-order valence-corrected chi connectivity index (χ1v) is 6.30. The number of hydrogen-bond donors (Lipinski definition) is 2. The molecule has 4 nitrogen and oxygen atoms in total. The van der Waals surface area contributed by atoms with Gasteiger partial charge in [-0.05, 0) is 38.0 Å². The highest BCUT2D eigenvalue weighted by atomic mass is 16.5. The molecule has 0 aliphatic heterocycles. The lowest BCUT2D eigenvalue weighted by Crippen LogP contribution is -2.45. The van der Waals surface area contributed by atoms with Crippen molar-refractivity contribution in [3.63, 3.8) is 0 Å². The van der Waals surface area contributed by atoms with Gasteiger partial charge in [0.1, 0.15) is 11.5 Å². The molecule has 0 saturated heterocycles. The summed E-state index contributed by atoms with van der Waals surface area (Å²) in [5, 5.41) is 12.8. The van der Waals surface area contributed by atoms with Gasteiger partial charge >= 0.3 is 0 Å². The summed E-state index contributed by atoms with van der Waals surface area (Å²) < 4.78 is 10.6. The van der Waals surface area contributed by atoms with Gasteiger partial charge in [0, 0.05) is 17.6 Å². The fraction of sp³-hybridized carbons (Fsp3) is 0.571. The molecule has 0 heterocycles. The van der Waals surface area contributed by atoms with Gasteiger partial charge in [0.25, 0.3) is 0 Å². The molecule has 0 spiro atoms. The first-order valence-electron chi connectivity index (χ1n) is 6.30. The van der Waals surface area contributed by atoms with Crippen LogP contribution in [0.15, 0.2) is 18.2 Å². The summed E-state index contributed by atoms with van der Waals surface area (Å²) in [5.41, 5.74) is 1.08. The molecule has 1 atom stereocenters. The molecule has 100 valence electrons. The monoisotopic (exact) mass is 251 g/mol. The molecule has 0 radical (unpaired) electrons. The Balaban J connectivity index is 2.09. The molecule has 4 heteroatoms. The van der Waals surface area contributed by atoms with Crippen LogP contribution in [0.4, 0.5) is 0 Å². The van der Waals surface area contributed by atoms with E-state index < -0.39 is 0 Å². The van der Waals surface area contributed by atoms with E-state index in [2.05, 4.69) is 12.2 Å². The average Bonchev–Trinajstić information content (AvgIpc) is 2.36. The lowest BCUT2D eigenvalue weighted by Gasteiger charge is -2.35. The third kappa shape index (κ3) is 2.76. The van der Waals surface area contributed by atoms with Gasteiger partial charge in [-0.1, -0.05) is 0 Å². The Hall–Kier alpha value is -1.26. The van der Waals surface area contributed by atoms with E-state index in [4.69, 9.17) is 9.47 Å². The number of nitrogens with one attached hydrogen (secondary N) is 1. The molecule has 0 amide bonds. The molecular weight excluding hydrogens is 230 g/mol. The Labute approximate surface area is 108 Å². The third-order valence-electron chi connectivity index (χ3n) is 3.50. The number of hydrogen-bond acceptors (Lipinski definition) is 4. The molecule has 18 heavy (non-hydrogen) atoms. The third-order valence-corrected chi connectivity index (χ3v) is 3.50. The van der Waals surface area contributed by atoms with E-state index >= 15 is 0 Å². The Morgan fingerprint density at radius 1 is 1.28 bits per heavy atom. The first-order chi connectivity index (χ1) is 8.63. The Bertz CT molecular complexity index is 402. The minimum Gasteiger partial charge on any atom is -0.497 e. The van der Waals surface area contributed by atoms with Crippen LogP contribution in [0.1, 0.15) is 31.4 Å². The second-order valence-electron chi connectivity index (χ2n) is 4.82. The lowest BCUT2D eigenvalue weighted by atomic mass is 9.88. The van der Waals surface area contributed by atoms with Crippen molar-refractivity contribution in [2.75, 3.05) is 14.2 Å². The number of rotatable bonds is 5. The Morgan fingerprint density at radius 2 is 2.00 bits per heavy atom. The minimum absolute atomic E-state index is 0.137. The fourth-order valence-corrected chi connectivity index (χ4v) is 2.35. The number of ether oxygens (including phenoxy) is 2. The van der Waals surface area contributed by atoms with Gasteiger partial charge in [-0.15, -0.1) is 0 Å². The van der Waals surface area contributed by atoms with Crippen molar-refractivity contribution < 1.29 is 14.6 Å². The summed E-state index contributed by atoms with van der Waals surface area (Å²) in [4.78, 5) is 0. The fourth-order valence-electron chi connectivity index (χ4n) is 2.35. The first kappa shape index (κ1) is 13.2. The average molecular weight is 251 g/mol. The summed E-state index contributed by atoms with van der Waals surface area (Å²) in [5.74, 6) is 1.68. The molecule has 1 saturated carbocycles. The van der Waals surface area contributed by atoms with Crippen LogP contribution in [0.3, 0.4) is 0 Å². The smallest absolute Gasteiger partial charge is 0.123 e. The molecule has 0 bridgehead atoms. The van der Waals surface area contributed by atoms with Crippen molar-refractivity contribution in [3.8, 4) is 11.5 Å². The maximum atomic E-state index is 9.30. The van der Waals surface area contributed by atoms with E-state index in [0.717, 1.165) is 29.9 Å². The SMILES string of the molecule is COc1ccc(OC)c(C(C)NC2CC(O)C2)c1. The number of aliphatic hydroxyl groups is 1. The van der Waals surface area contributed by atoms with Crippen molar-refractivity contribution in [1.82, 2.24) is 5.32 Å². The Kier molecular flexibility index (Phi) is 4.09. The minimum atomic E-state index is -0.137. The molecule has 1 aromatic rings. The highest BCUT2D eigenvalue weighted by Gasteiger charge is 2.28.